The predicted molar refractivity (Wildman–Crippen MR) is 78.4 cm³/mol. The molecule has 0 aromatic heterocycles. The third-order valence-electron chi connectivity index (χ3n) is 2.29. The number of hydrogen-bond donors (Lipinski definition) is 2. The summed E-state index contributed by atoms with van der Waals surface area (Å²) in [5.74, 6) is -1.60. The van der Waals surface area contributed by atoms with Crippen LogP contribution in [-0.2, 0) is 27.3 Å². The van der Waals surface area contributed by atoms with Gasteiger partial charge in [-0.3, -0.25) is 0 Å². The van der Waals surface area contributed by atoms with Crippen molar-refractivity contribution in [1.29, 1.82) is 0 Å². The minimum atomic E-state index is -1.65. The van der Waals surface area contributed by atoms with Gasteiger partial charge >= 0.3 is 12.1 Å². The second-order valence-corrected chi connectivity index (χ2v) is 6.77. The first-order valence-electron chi connectivity index (χ1n) is 6.34. The number of ether oxygens (including phenoxy) is 1. The van der Waals surface area contributed by atoms with Crippen molar-refractivity contribution in [2.45, 2.75) is 37.8 Å². The molecular weight excluding hydrogens is 294 g/mol. The molecule has 0 saturated carbocycles. The highest BCUT2D eigenvalue weighted by Crippen LogP contribution is 2.17. The van der Waals surface area contributed by atoms with E-state index in [-0.39, 0.29) is 6.54 Å². The van der Waals surface area contributed by atoms with Gasteiger partial charge in [0, 0.05) is 5.56 Å². The van der Waals surface area contributed by atoms with Crippen molar-refractivity contribution in [2.75, 3.05) is 5.75 Å². The monoisotopic (exact) mass is 313 g/mol. The smallest absolute Gasteiger partial charge is 0.407 e. The van der Waals surface area contributed by atoms with E-state index in [0.29, 0.717) is 10.5 Å². The molecule has 116 valence electrons. The Labute approximate surface area is 126 Å². The molecule has 1 unspecified atom stereocenters. The molecule has 1 aromatic carbocycles. The standard InChI is InChI=1S/C14H19NO5S/c1-14(2,3)20-13(18)15-8-10-6-4-5-7-11(10)21(19)9-12(16)17/h4-7H,8-9H2,1-3H3,(H,15,18)(H,16,17). The molecule has 1 aromatic rings. The summed E-state index contributed by atoms with van der Waals surface area (Å²) >= 11 is -1.65. The molecule has 0 heterocycles. The number of alkyl carbamates (subject to hydrolysis) is 1. The number of aliphatic carboxylic acids is 1. The van der Waals surface area contributed by atoms with E-state index >= 15 is 0 Å². The van der Waals surface area contributed by atoms with E-state index in [9.17, 15) is 14.1 Å². The maximum atomic E-state index is 11.9. The van der Waals surface area contributed by atoms with Crippen LogP contribution in [0.3, 0.4) is 0 Å². The lowest BCUT2D eigenvalue weighted by Gasteiger charge is -2.20. The average Bonchev–Trinajstić information content (AvgIpc) is 2.33. The molecule has 2 N–H and O–H groups in total. The van der Waals surface area contributed by atoms with E-state index in [1.54, 1.807) is 45.0 Å². The number of carboxylic acid groups (broad SMARTS) is 1. The second kappa shape index (κ2) is 7.33. The zero-order valence-corrected chi connectivity index (χ0v) is 13.0. The Hall–Kier alpha value is -1.73. The van der Waals surface area contributed by atoms with Crippen molar-refractivity contribution in [3.8, 4) is 0 Å². The van der Waals surface area contributed by atoms with Gasteiger partial charge in [-0.2, -0.15) is 0 Å². The van der Waals surface area contributed by atoms with Gasteiger partial charge in [0.15, 0.2) is 4.90 Å². The summed E-state index contributed by atoms with van der Waals surface area (Å²) in [6.45, 7) is 5.38. The van der Waals surface area contributed by atoms with Gasteiger partial charge < -0.3 is 19.7 Å². The summed E-state index contributed by atoms with van der Waals surface area (Å²) in [5.41, 5.74) is -0.00151. The zero-order chi connectivity index (χ0) is 16.0. The summed E-state index contributed by atoms with van der Waals surface area (Å²) in [6, 6.07) is 6.68. The number of hydrogen-bond acceptors (Lipinski definition) is 4. The number of nitrogens with one attached hydrogen (secondary N) is 1. The van der Waals surface area contributed by atoms with Crippen LogP contribution in [-0.4, -0.2) is 33.1 Å². The van der Waals surface area contributed by atoms with Gasteiger partial charge in [-0.05, 0) is 38.0 Å². The van der Waals surface area contributed by atoms with Crippen LogP contribution in [0.5, 0.6) is 0 Å². The summed E-state index contributed by atoms with van der Waals surface area (Å²) < 4.78 is 17.0. The second-order valence-electron chi connectivity index (χ2n) is 5.35. The molecular formula is C14H19NO5S. The number of benzene rings is 1. The summed E-state index contributed by atoms with van der Waals surface area (Å²) in [5, 5.41) is 11.3. The minimum Gasteiger partial charge on any atom is -0.611 e. The minimum absolute atomic E-state index is 0.121. The van der Waals surface area contributed by atoms with Crippen molar-refractivity contribution >= 4 is 23.2 Å². The number of carbonyl (C=O) groups is 2. The molecule has 6 nitrogen and oxygen atoms in total. The van der Waals surface area contributed by atoms with Crippen molar-refractivity contribution < 1.29 is 24.0 Å². The lowest BCUT2D eigenvalue weighted by molar-refractivity contribution is -0.134. The highest BCUT2D eigenvalue weighted by Gasteiger charge is 2.20. The number of carbonyl (C=O) groups excluding carboxylic acids is 1. The topological polar surface area (TPSA) is 98.7 Å². The lowest BCUT2D eigenvalue weighted by atomic mass is 10.2. The maximum absolute atomic E-state index is 11.9. The lowest BCUT2D eigenvalue weighted by Crippen LogP contribution is -2.32. The van der Waals surface area contributed by atoms with Crippen LogP contribution in [0.15, 0.2) is 29.2 Å². The quantitative estimate of drug-likeness (QED) is 0.809. The summed E-state index contributed by atoms with van der Waals surface area (Å²) in [6.07, 6.45) is -0.582. The number of rotatable bonds is 5. The first-order chi connectivity index (χ1) is 9.69. The zero-order valence-electron chi connectivity index (χ0n) is 12.2. The Bertz CT molecular complexity index is 512. The number of amides is 1. The van der Waals surface area contributed by atoms with Gasteiger partial charge in [0.2, 0.25) is 5.75 Å². The molecule has 0 spiro atoms. The largest absolute Gasteiger partial charge is 0.611 e. The maximum Gasteiger partial charge on any atom is 0.407 e. The molecule has 21 heavy (non-hydrogen) atoms. The van der Waals surface area contributed by atoms with Crippen molar-refractivity contribution in [1.82, 2.24) is 5.32 Å². The average molecular weight is 313 g/mol. The fraction of sp³-hybridized carbons (Fsp3) is 0.429. The van der Waals surface area contributed by atoms with Crippen LogP contribution < -0.4 is 5.32 Å². The van der Waals surface area contributed by atoms with E-state index in [4.69, 9.17) is 9.84 Å². The van der Waals surface area contributed by atoms with Crippen molar-refractivity contribution in [3.05, 3.63) is 29.8 Å². The van der Waals surface area contributed by atoms with E-state index < -0.39 is 34.6 Å². The molecule has 1 amide bonds. The number of carboxylic acids is 1. The Morgan fingerprint density at radius 1 is 1.33 bits per heavy atom. The van der Waals surface area contributed by atoms with E-state index in [1.807, 2.05) is 0 Å². The highest BCUT2D eigenvalue weighted by molar-refractivity contribution is 7.92. The first-order valence-corrected chi connectivity index (χ1v) is 7.66. The highest BCUT2D eigenvalue weighted by atomic mass is 32.2. The van der Waals surface area contributed by atoms with Gasteiger partial charge in [0.25, 0.3) is 0 Å². The molecule has 0 aliphatic heterocycles. The fourth-order valence-corrected chi connectivity index (χ4v) is 2.59. The predicted octanol–water partition coefficient (Wildman–Crippen LogP) is 1.90. The van der Waals surface area contributed by atoms with E-state index in [2.05, 4.69) is 5.32 Å². The van der Waals surface area contributed by atoms with Crippen molar-refractivity contribution in [2.24, 2.45) is 0 Å². The molecule has 0 aliphatic rings. The van der Waals surface area contributed by atoms with Crippen molar-refractivity contribution in [3.63, 3.8) is 0 Å². The Kier molecular flexibility index (Phi) is 6.04. The molecule has 7 heteroatoms. The summed E-state index contributed by atoms with van der Waals surface area (Å²) in [4.78, 5) is 22.6. The first kappa shape index (κ1) is 17.3. The van der Waals surface area contributed by atoms with Gasteiger partial charge in [0.05, 0.1) is 6.54 Å². The molecule has 1 rings (SSSR count). The van der Waals surface area contributed by atoms with Crippen LogP contribution in [0.1, 0.15) is 26.3 Å². The third-order valence-corrected chi connectivity index (χ3v) is 3.69. The van der Waals surface area contributed by atoms with E-state index in [1.165, 1.54) is 0 Å². The normalized spacial score (nSPS) is 12.6. The molecule has 0 aliphatic carbocycles. The van der Waals surface area contributed by atoms with E-state index in [0.717, 1.165) is 0 Å². The van der Waals surface area contributed by atoms with Crippen LogP contribution in [0.4, 0.5) is 4.79 Å². The third kappa shape index (κ3) is 6.50. The molecule has 0 saturated heterocycles. The summed E-state index contributed by atoms with van der Waals surface area (Å²) in [7, 11) is 0. The van der Waals surface area contributed by atoms with Crippen LogP contribution in [0.25, 0.3) is 0 Å². The molecule has 0 fully saturated rings. The SMILES string of the molecule is CC(C)(C)OC(=O)NCc1ccccc1[S+]([O-])CC(=O)O. The van der Waals surface area contributed by atoms with Gasteiger partial charge in [-0.15, -0.1) is 0 Å². The van der Waals surface area contributed by atoms with Crippen LogP contribution >= 0.6 is 0 Å². The molecule has 1 atom stereocenters. The van der Waals surface area contributed by atoms with Gasteiger partial charge in [-0.1, -0.05) is 18.2 Å². The molecule has 0 radical (unpaired) electrons. The van der Waals surface area contributed by atoms with Gasteiger partial charge in [-0.25, -0.2) is 9.59 Å². The molecule has 0 bridgehead atoms. The van der Waals surface area contributed by atoms with Crippen LogP contribution in [0, 0.1) is 0 Å². The van der Waals surface area contributed by atoms with Gasteiger partial charge in [0.1, 0.15) is 5.60 Å². The fourth-order valence-electron chi connectivity index (χ4n) is 1.54. The van der Waals surface area contributed by atoms with Crippen LogP contribution in [0.2, 0.25) is 0 Å². The Balaban J connectivity index is 2.71. The Morgan fingerprint density at radius 2 is 1.95 bits per heavy atom. The Morgan fingerprint density at radius 3 is 2.52 bits per heavy atom.